The van der Waals surface area contributed by atoms with Crippen LogP contribution in [0.2, 0.25) is 0 Å². The maximum Gasteiger partial charge on any atom is 0.0694 e. The van der Waals surface area contributed by atoms with Crippen molar-refractivity contribution in [2.75, 3.05) is 31.2 Å². The summed E-state index contributed by atoms with van der Waals surface area (Å²) in [7, 11) is 0. The molecule has 1 unspecified atom stereocenters. The smallest absolute Gasteiger partial charge is 0.0694 e. The van der Waals surface area contributed by atoms with Gasteiger partial charge in [0.2, 0.25) is 0 Å². The minimum Gasteiger partial charge on any atom is -0.377 e. The number of hydrogen-bond acceptors (Lipinski definition) is 3. The fraction of sp³-hybridized carbons (Fsp3) is 0.667. The Balaban J connectivity index is 2.31. The van der Waals surface area contributed by atoms with Gasteiger partial charge < -0.3 is 15.0 Å². The topological polar surface area (TPSA) is 24.5 Å². The van der Waals surface area contributed by atoms with Crippen LogP contribution >= 0.6 is 0 Å². The maximum absolute atomic E-state index is 5.67. The molecular formula is C18H30N2O. The van der Waals surface area contributed by atoms with Gasteiger partial charge in [0.15, 0.2) is 0 Å². The van der Waals surface area contributed by atoms with E-state index in [1.54, 1.807) is 0 Å². The van der Waals surface area contributed by atoms with Gasteiger partial charge in [-0.2, -0.15) is 0 Å². The highest BCUT2D eigenvalue weighted by Crippen LogP contribution is 2.33. The van der Waals surface area contributed by atoms with Crippen molar-refractivity contribution in [1.29, 1.82) is 0 Å². The number of nitrogens with one attached hydrogen (secondary N) is 1. The van der Waals surface area contributed by atoms with Crippen molar-refractivity contribution < 1.29 is 4.74 Å². The summed E-state index contributed by atoms with van der Waals surface area (Å²) in [6.45, 7) is 12.7. The zero-order valence-corrected chi connectivity index (χ0v) is 14.0. The van der Waals surface area contributed by atoms with Crippen LogP contribution in [0, 0.1) is 0 Å². The van der Waals surface area contributed by atoms with E-state index in [9.17, 15) is 0 Å². The fourth-order valence-electron chi connectivity index (χ4n) is 3.13. The predicted octanol–water partition coefficient (Wildman–Crippen LogP) is 3.75. The summed E-state index contributed by atoms with van der Waals surface area (Å²) in [6, 6.07) is 9.27. The van der Waals surface area contributed by atoms with Crippen molar-refractivity contribution in [3.63, 3.8) is 0 Å². The summed E-state index contributed by atoms with van der Waals surface area (Å²) in [6.07, 6.45) is 2.28. The lowest BCUT2D eigenvalue weighted by atomic mass is 9.96. The van der Waals surface area contributed by atoms with Gasteiger partial charge in [-0.1, -0.05) is 32.0 Å². The molecule has 1 aliphatic heterocycles. The Kier molecular flexibility index (Phi) is 5.65. The van der Waals surface area contributed by atoms with Crippen LogP contribution < -0.4 is 10.2 Å². The SMILES string of the molecule is CCCNC(CC)c1ccccc1N1CCOCC1(C)C. The molecule has 118 valence electrons. The molecule has 1 aromatic carbocycles. The molecule has 0 amide bonds. The van der Waals surface area contributed by atoms with Crippen molar-refractivity contribution in [1.82, 2.24) is 5.32 Å². The van der Waals surface area contributed by atoms with E-state index in [0.29, 0.717) is 6.04 Å². The summed E-state index contributed by atoms with van der Waals surface area (Å²) >= 11 is 0. The van der Waals surface area contributed by atoms with Gasteiger partial charge in [0.05, 0.1) is 18.8 Å². The molecule has 1 aliphatic rings. The van der Waals surface area contributed by atoms with E-state index in [1.165, 1.54) is 17.7 Å². The highest BCUT2D eigenvalue weighted by Gasteiger charge is 2.32. The Morgan fingerprint density at radius 3 is 2.71 bits per heavy atom. The summed E-state index contributed by atoms with van der Waals surface area (Å²) in [4.78, 5) is 2.52. The van der Waals surface area contributed by atoms with Crippen LogP contribution in [0.5, 0.6) is 0 Å². The second-order valence-electron chi connectivity index (χ2n) is 6.49. The van der Waals surface area contributed by atoms with Gasteiger partial charge in [0.25, 0.3) is 0 Å². The molecule has 1 saturated heterocycles. The standard InChI is InChI=1S/C18H30N2O/c1-5-11-19-16(6-2)15-9-7-8-10-17(15)20-12-13-21-14-18(20,3)4/h7-10,16,19H,5-6,11-14H2,1-4H3. The summed E-state index contributed by atoms with van der Waals surface area (Å²) < 4.78 is 5.67. The van der Waals surface area contributed by atoms with E-state index < -0.39 is 0 Å². The normalized spacial score (nSPS) is 19.5. The third kappa shape index (κ3) is 3.78. The summed E-state index contributed by atoms with van der Waals surface area (Å²) in [5.41, 5.74) is 2.84. The second kappa shape index (κ2) is 7.28. The number of para-hydroxylation sites is 1. The first-order chi connectivity index (χ1) is 10.1. The molecule has 21 heavy (non-hydrogen) atoms. The first kappa shape index (κ1) is 16.3. The highest BCUT2D eigenvalue weighted by atomic mass is 16.5. The molecule has 1 atom stereocenters. The van der Waals surface area contributed by atoms with Gasteiger partial charge >= 0.3 is 0 Å². The van der Waals surface area contributed by atoms with Crippen LogP contribution in [0.4, 0.5) is 5.69 Å². The van der Waals surface area contributed by atoms with E-state index in [0.717, 1.165) is 32.7 Å². The zero-order valence-electron chi connectivity index (χ0n) is 14.0. The Hall–Kier alpha value is -1.06. The Morgan fingerprint density at radius 2 is 2.05 bits per heavy atom. The van der Waals surface area contributed by atoms with Crippen molar-refractivity contribution in [2.24, 2.45) is 0 Å². The Labute approximate surface area is 129 Å². The van der Waals surface area contributed by atoms with Crippen LogP contribution in [-0.4, -0.2) is 31.8 Å². The molecular weight excluding hydrogens is 260 g/mol. The molecule has 2 rings (SSSR count). The lowest BCUT2D eigenvalue weighted by Crippen LogP contribution is -2.53. The fourth-order valence-corrected chi connectivity index (χ4v) is 3.13. The predicted molar refractivity (Wildman–Crippen MR) is 90.0 cm³/mol. The molecule has 3 nitrogen and oxygen atoms in total. The summed E-state index contributed by atoms with van der Waals surface area (Å²) in [5.74, 6) is 0. The van der Waals surface area contributed by atoms with Crippen molar-refractivity contribution in [3.8, 4) is 0 Å². The molecule has 1 fully saturated rings. The molecule has 1 heterocycles. The van der Waals surface area contributed by atoms with Gasteiger partial charge in [0.1, 0.15) is 0 Å². The van der Waals surface area contributed by atoms with Crippen LogP contribution in [0.1, 0.15) is 52.1 Å². The lowest BCUT2D eigenvalue weighted by molar-refractivity contribution is 0.0642. The zero-order chi connectivity index (χ0) is 15.3. The van der Waals surface area contributed by atoms with Crippen LogP contribution in [0.15, 0.2) is 24.3 Å². The molecule has 3 heteroatoms. The van der Waals surface area contributed by atoms with Crippen molar-refractivity contribution in [2.45, 2.75) is 52.1 Å². The third-order valence-electron chi connectivity index (χ3n) is 4.30. The molecule has 0 radical (unpaired) electrons. The number of ether oxygens (including phenoxy) is 1. The molecule has 0 aliphatic carbocycles. The quantitative estimate of drug-likeness (QED) is 0.863. The third-order valence-corrected chi connectivity index (χ3v) is 4.30. The molecule has 1 aromatic rings. The molecule has 0 spiro atoms. The van der Waals surface area contributed by atoms with Crippen molar-refractivity contribution >= 4 is 5.69 Å². The number of nitrogens with zero attached hydrogens (tertiary/aromatic N) is 1. The van der Waals surface area contributed by atoms with Gasteiger partial charge in [0, 0.05) is 18.3 Å². The number of hydrogen-bond donors (Lipinski definition) is 1. The van der Waals surface area contributed by atoms with Crippen LogP contribution in [0.25, 0.3) is 0 Å². The minimum atomic E-state index is 0.0530. The molecule has 0 saturated carbocycles. The number of benzene rings is 1. The van der Waals surface area contributed by atoms with E-state index in [4.69, 9.17) is 4.74 Å². The number of morpholine rings is 1. The van der Waals surface area contributed by atoms with Gasteiger partial charge in [-0.05, 0) is 44.9 Å². The molecule has 1 N–H and O–H groups in total. The Morgan fingerprint density at radius 1 is 1.29 bits per heavy atom. The summed E-state index contributed by atoms with van der Waals surface area (Å²) in [5, 5.41) is 3.68. The second-order valence-corrected chi connectivity index (χ2v) is 6.49. The van der Waals surface area contributed by atoms with Crippen molar-refractivity contribution in [3.05, 3.63) is 29.8 Å². The van der Waals surface area contributed by atoms with Gasteiger partial charge in [-0.3, -0.25) is 0 Å². The van der Waals surface area contributed by atoms with Crippen LogP contribution in [0.3, 0.4) is 0 Å². The largest absolute Gasteiger partial charge is 0.377 e. The number of anilines is 1. The van der Waals surface area contributed by atoms with Crippen LogP contribution in [-0.2, 0) is 4.74 Å². The number of rotatable bonds is 6. The van der Waals surface area contributed by atoms with E-state index in [1.807, 2.05) is 0 Å². The van der Waals surface area contributed by atoms with Gasteiger partial charge in [-0.15, -0.1) is 0 Å². The average molecular weight is 290 g/mol. The van der Waals surface area contributed by atoms with E-state index >= 15 is 0 Å². The van der Waals surface area contributed by atoms with Gasteiger partial charge in [-0.25, -0.2) is 0 Å². The minimum absolute atomic E-state index is 0.0530. The first-order valence-corrected chi connectivity index (χ1v) is 8.28. The van der Waals surface area contributed by atoms with E-state index in [-0.39, 0.29) is 5.54 Å². The Bertz CT molecular complexity index is 445. The monoisotopic (exact) mass is 290 g/mol. The van der Waals surface area contributed by atoms with E-state index in [2.05, 4.69) is 62.2 Å². The molecule has 0 aromatic heterocycles. The highest BCUT2D eigenvalue weighted by molar-refractivity contribution is 5.57. The molecule has 0 bridgehead atoms. The lowest BCUT2D eigenvalue weighted by Gasteiger charge is -2.45. The maximum atomic E-state index is 5.67. The average Bonchev–Trinajstić information content (AvgIpc) is 2.48. The first-order valence-electron chi connectivity index (χ1n) is 8.28.